The Kier molecular flexibility index (Phi) is 12.1. The zero-order valence-electron chi connectivity index (χ0n) is 35.7. The number of sulfonamides is 1. The number of fused-ring (bicyclic) bond motifs is 3. The van der Waals surface area contributed by atoms with Crippen LogP contribution in [0.1, 0.15) is 121 Å². The molecule has 15 nitrogen and oxygen atoms in total. The molecule has 3 amide bonds. The molecule has 0 bridgehead atoms. The van der Waals surface area contributed by atoms with Gasteiger partial charge in [0.15, 0.2) is 5.78 Å². The summed E-state index contributed by atoms with van der Waals surface area (Å²) >= 11 is 0. The van der Waals surface area contributed by atoms with Crippen LogP contribution in [0.3, 0.4) is 0 Å². The molecule has 16 heteroatoms. The van der Waals surface area contributed by atoms with Crippen LogP contribution < -0.4 is 24.2 Å². The molecule has 4 aliphatic rings. The molecule has 324 valence electrons. The van der Waals surface area contributed by atoms with Gasteiger partial charge in [-0.1, -0.05) is 25.0 Å². The molecule has 1 saturated heterocycles. The summed E-state index contributed by atoms with van der Waals surface area (Å²) in [5, 5.41) is 8.04. The highest BCUT2D eigenvalue weighted by Crippen LogP contribution is 2.57. The van der Waals surface area contributed by atoms with Gasteiger partial charge >= 0.3 is 0 Å². The Morgan fingerprint density at radius 3 is 2.48 bits per heavy atom. The molecule has 3 aromatic rings. The fraction of sp³-hybridized carbons (Fsp3) is 0.591. The first-order chi connectivity index (χ1) is 28.4. The molecule has 2 aliphatic heterocycles. The number of rotatable bonds is 11. The van der Waals surface area contributed by atoms with Crippen molar-refractivity contribution in [2.24, 2.45) is 11.3 Å². The smallest absolute Gasteiger partial charge is 0.272 e. The molecule has 3 fully saturated rings. The number of allylic oxidation sites excluding steroid dienone is 2. The molecule has 2 aromatic heterocycles. The maximum absolute atomic E-state index is 14.9. The van der Waals surface area contributed by atoms with Gasteiger partial charge in [0.05, 0.1) is 41.5 Å². The van der Waals surface area contributed by atoms with E-state index in [4.69, 9.17) is 19.2 Å². The highest BCUT2D eigenvalue weighted by Gasteiger charge is 2.62. The first kappa shape index (κ1) is 43.1. The number of nitrogens with zero attached hydrogens (tertiary/aromatic N) is 4. The Bertz CT molecular complexity index is 2300. The molecule has 0 spiro atoms. The Hall–Kier alpha value is -4.99. The molecule has 0 radical (unpaired) electrons. The van der Waals surface area contributed by atoms with Crippen LogP contribution in [0.15, 0.2) is 42.6 Å². The van der Waals surface area contributed by atoms with Gasteiger partial charge in [0.25, 0.3) is 5.91 Å². The van der Waals surface area contributed by atoms with Gasteiger partial charge in [-0.3, -0.25) is 28.6 Å². The third-order valence-corrected chi connectivity index (χ3v) is 14.7. The minimum absolute atomic E-state index is 0.0121. The SMILES string of the molecule is COc1ccc2c(O[C@@H]3C[C@H]4C(=O)C[C@]5(C(=O)NS(=O)(=O)C6(C)CC6)C[C@@H]5/C=C\CCCCC[C@H](NC(=O)c5ccn(C(C)C)n5)C(=O)N4C3)cc(OC(C)C)nc2c1C. The van der Waals surface area contributed by atoms with Gasteiger partial charge in [0.2, 0.25) is 27.7 Å². The van der Waals surface area contributed by atoms with E-state index in [1.165, 1.54) is 4.90 Å². The lowest BCUT2D eigenvalue weighted by Gasteiger charge is -2.29. The average Bonchev–Trinajstić information content (AvgIpc) is 3.96. The van der Waals surface area contributed by atoms with Crippen molar-refractivity contribution in [2.45, 2.75) is 141 Å². The zero-order chi connectivity index (χ0) is 43.1. The lowest BCUT2D eigenvalue weighted by atomic mass is 9.91. The molecule has 5 atom stereocenters. The van der Waals surface area contributed by atoms with E-state index < -0.39 is 56.1 Å². The van der Waals surface area contributed by atoms with Crippen molar-refractivity contribution in [2.75, 3.05) is 13.7 Å². The Morgan fingerprint density at radius 2 is 1.80 bits per heavy atom. The number of benzene rings is 1. The molecular weight excluding hydrogens is 789 g/mol. The van der Waals surface area contributed by atoms with E-state index in [1.807, 2.05) is 58.9 Å². The molecule has 0 unspecified atom stereocenters. The normalized spacial score (nSPS) is 26.1. The number of aromatic nitrogens is 3. The van der Waals surface area contributed by atoms with Gasteiger partial charge in [-0.25, -0.2) is 13.4 Å². The average molecular weight is 847 g/mol. The number of hydrogen-bond donors (Lipinski definition) is 2. The van der Waals surface area contributed by atoms with Crippen LogP contribution in [0.25, 0.3) is 10.9 Å². The lowest BCUT2D eigenvalue weighted by molar-refractivity contribution is -0.140. The van der Waals surface area contributed by atoms with Gasteiger partial charge in [0, 0.05) is 42.1 Å². The summed E-state index contributed by atoms with van der Waals surface area (Å²) in [6.07, 6.45) is 9.06. The fourth-order valence-corrected chi connectivity index (χ4v) is 9.76. The number of nitrogens with one attached hydrogen (secondary N) is 2. The van der Waals surface area contributed by atoms with Crippen LogP contribution >= 0.6 is 0 Å². The quantitative estimate of drug-likeness (QED) is 0.224. The van der Waals surface area contributed by atoms with Crippen molar-refractivity contribution in [1.29, 1.82) is 0 Å². The van der Waals surface area contributed by atoms with Crippen LogP contribution in [-0.2, 0) is 24.4 Å². The second-order valence-corrected chi connectivity index (χ2v) is 20.0. The van der Waals surface area contributed by atoms with Gasteiger partial charge < -0.3 is 24.4 Å². The number of Topliss-reactive ketones (excluding diaryl/α,β-unsaturated/α-hetero) is 1. The number of hydrogen-bond acceptors (Lipinski definition) is 11. The van der Waals surface area contributed by atoms with Crippen LogP contribution in [-0.4, -0.2) is 94.3 Å². The Labute approximate surface area is 352 Å². The van der Waals surface area contributed by atoms with Gasteiger partial charge in [0.1, 0.15) is 29.3 Å². The largest absolute Gasteiger partial charge is 0.496 e. The molecule has 60 heavy (non-hydrogen) atoms. The van der Waals surface area contributed by atoms with Crippen molar-refractivity contribution in [3.8, 4) is 17.4 Å². The van der Waals surface area contributed by atoms with Crippen molar-refractivity contribution < 1.29 is 41.8 Å². The lowest BCUT2D eigenvalue weighted by Crippen LogP contribution is -2.52. The first-order valence-corrected chi connectivity index (χ1v) is 22.7. The molecule has 4 heterocycles. The number of methoxy groups -OCH3 is 1. The standard InChI is InChI=1S/C44H58N6O9S/c1-26(2)50-20-17-32(47-50)40(52)45-33-14-12-10-8-9-11-13-29-23-44(29,42(54)48-60(55,56)43(6)18-19-43)24-35(51)34-21-30(25-49(34)41(33)53)59-37-22-38(58-27(3)4)46-39-28(5)36(57-7)16-15-31(37)39/h11,13,15-17,20,22,26-27,29-30,33-34H,8-10,12,14,18-19,21,23-25H2,1-7H3,(H,45,52)(H,48,54)/b13-11-/t29-,30+,33-,34-,44+/m0/s1. The minimum atomic E-state index is -3.97. The molecule has 1 aromatic carbocycles. The maximum atomic E-state index is 14.9. The van der Waals surface area contributed by atoms with E-state index in [-0.39, 0.29) is 48.9 Å². The van der Waals surface area contributed by atoms with E-state index in [1.54, 1.807) is 37.0 Å². The number of ether oxygens (including phenoxy) is 3. The zero-order valence-corrected chi connectivity index (χ0v) is 36.5. The van der Waals surface area contributed by atoms with Crippen molar-refractivity contribution in [3.63, 3.8) is 0 Å². The van der Waals surface area contributed by atoms with Crippen molar-refractivity contribution in [3.05, 3.63) is 53.9 Å². The summed E-state index contributed by atoms with van der Waals surface area (Å²) in [5.41, 5.74) is 0.279. The molecule has 2 aliphatic carbocycles. The third kappa shape index (κ3) is 8.75. The summed E-state index contributed by atoms with van der Waals surface area (Å²) < 4.78 is 47.9. The second-order valence-electron chi connectivity index (χ2n) is 17.8. The topological polar surface area (TPSA) is 188 Å². The van der Waals surface area contributed by atoms with Crippen molar-refractivity contribution in [1.82, 2.24) is 29.7 Å². The predicted molar refractivity (Wildman–Crippen MR) is 224 cm³/mol. The molecule has 2 saturated carbocycles. The Balaban J connectivity index is 1.23. The maximum Gasteiger partial charge on any atom is 0.272 e. The number of amides is 3. The van der Waals surface area contributed by atoms with E-state index in [2.05, 4.69) is 15.1 Å². The molecular formula is C44H58N6O9S. The van der Waals surface area contributed by atoms with Crippen LogP contribution in [0.4, 0.5) is 0 Å². The minimum Gasteiger partial charge on any atom is -0.496 e. The monoisotopic (exact) mass is 846 g/mol. The van der Waals surface area contributed by atoms with E-state index in [0.717, 1.165) is 18.4 Å². The summed E-state index contributed by atoms with van der Waals surface area (Å²) in [4.78, 5) is 63.6. The second kappa shape index (κ2) is 16.8. The summed E-state index contributed by atoms with van der Waals surface area (Å²) in [6, 6.07) is 5.01. The van der Waals surface area contributed by atoms with Gasteiger partial charge in [-0.2, -0.15) is 5.10 Å². The fourth-order valence-electron chi connectivity index (χ4n) is 8.42. The number of ketones is 1. The number of aryl methyl sites for hydroxylation is 1. The third-order valence-electron chi connectivity index (χ3n) is 12.5. The number of carbonyl (C=O) groups is 4. The van der Waals surface area contributed by atoms with E-state index in [0.29, 0.717) is 66.8 Å². The van der Waals surface area contributed by atoms with Crippen LogP contribution in [0, 0.1) is 18.3 Å². The van der Waals surface area contributed by atoms with Gasteiger partial charge in [-0.05, 0) is 104 Å². The first-order valence-electron chi connectivity index (χ1n) is 21.2. The highest BCUT2D eigenvalue weighted by molar-refractivity contribution is 7.91. The van der Waals surface area contributed by atoms with Crippen molar-refractivity contribution >= 4 is 44.4 Å². The summed E-state index contributed by atoms with van der Waals surface area (Å²) in [7, 11) is -2.39. The highest BCUT2D eigenvalue weighted by atomic mass is 32.2. The van der Waals surface area contributed by atoms with Gasteiger partial charge in [-0.15, -0.1) is 0 Å². The number of pyridine rings is 1. The Morgan fingerprint density at radius 1 is 1.03 bits per heavy atom. The molecule has 2 N–H and O–H groups in total. The van der Waals surface area contributed by atoms with E-state index in [9.17, 15) is 27.6 Å². The summed E-state index contributed by atoms with van der Waals surface area (Å²) in [6.45, 7) is 11.2. The van der Waals surface area contributed by atoms with Crippen LogP contribution in [0.2, 0.25) is 0 Å². The predicted octanol–water partition coefficient (Wildman–Crippen LogP) is 5.75. The van der Waals surface area contributed by atoms with Crippen LogP contribution in [0.5, 0.6) is 17.4 Å². The number of carbonyl (C=O) groups excluding carboxylic acids is 4. The van der Waals surface area contributed by atoms with E-state index >= 15 is 0 Å². The summed E-state index contributed by atoms with van der Waals surface area (Å²) in [5.74, 6) is -0.935. The molecule has 7 rings (SSSR count).